The van der Waals surface area contributed by atoms with E-state index in [2.05, 4.69) is 44.1 Å². The van der Waals surface area contributed by atoms with Crippen LogP contribution in [0.4, 0.5) is 5.69 Å². The maximum Gasteiger partial charge on any atom is 0.242 e. The number of amides is 1. The Labute approximate surface area is 181 Å². The monoisotopic (exact) mass is 499 g/mol. The van der Waals surface area contributed by atoms with Crippen LogP contribution in [0.3, 0.4) is 0 Å². The molecule has 2 heterocycles. The minimum Gasteiger partial charge on any atom is -0.368 e. The lowest BCUT2D eigenvalue weighted by Gasteiger charge is -2.36. The van der Waals surface area contributed by atoms with Crippen LogP contribution in [0.25, 0.3) is 0 Å². The van der Waals surface area contributed by atoms with E-state index in [1.165, 1.54) is 11.3 Å². The van der Waals surface area contributed by atoms with Crippen molar-refractivity contribution in [2.75, 3.05) is 44.7 Å². The summed E-state index contributed by atoms with van der Waals surface area (Å²) in [6, 6.07) is 12.4. The standard InChI is InChI=1S/C19H25N5OS.HI/c1-20-19(21-13-16-7-12-26-15-16)22-14-18(25)24-10-8-23(9-11-24)17-5-3-2-4-6-17;/h2-7,12,15H,8-11,13-14H2,1H3,(H2,20,21,22);1H. The number of carbonyl (C=O) groups is 1. The molecule has 0 bridgehead atoms. The molecule has 3 rings (SSSR count). The highest BCUT2D eigenvalue weighted by Gasteiger charge is 2.21. The second-order valence-corrected chi connectivity index (χ2v) is 6.89. The molecule has 1 aromatic carbocycles. The van der Waals surface area contributed by atoms with Crippen molar-refractivity contribution in [2.24, 2.45) is 4.99 Å². The number of halogens is 1. The largest absolute Gasteiger partial charge is 0.368 e. The van der Waals surface area contributed by atoms with Crippen molar-refractivity contribution in [2.45, 2.75) is 6.54 Å². The van der Waals surface area contributed by atoms with Gasteiger partial charge in [-0.2, -0.15) is 11.3 Å². The molecule has 1 saturated heterocycles. The fourth-order valence-corrected chi connectivity index (χ4v) is 3.59. The third-order valence-electron chi connectivity index (χ3n) is 4.42. The number of carbonyl (C=O) groups excluding carboxylic acids is 1. The topological polar surface area (TPSA) is 60.0 Å². The van der Waals surface area contributed by atoms with Crippen LogP contribution in [0.15, 0.2) is 52.2 Å². The highest BCUT2D eigenvalue weighted by Crippen LogP contribution is 2.15. The van der Waals surface area contributed by atoms with Gasteiger partial charge in [-0.1, -0.05) is 18.2 Å². The van der Waals surface area contributed by atoms with Crippen LogP contribution < -0.4 is 15.5 Å². The number of thiophene rings is 1. The number of benzene rings is 1. The van der Waals surface area contributed by atoms with Gasteiger partial charge >= 0.3 is 0 Å². The summed E-state index contributed by atoms with van der Waals surface area (Å²) in [5, 5.41) is 10.5. The normalized spacial score (nSPS) is 14.5. The van der Waals surface area contributed by atoms with Crippen LogP contribution >= 0.6 is 35.3 Å². The summed E-state index contributed by atoms with van der Waals surface area (Å²) in [5.74, 6) is 0.753. The van der Waals surface area contributed by atoms with Gasteiger partial charge in [-0.05, 0) is 34.5 Å². The average molecular weight is 499 g/mol. The smallest absolute Gasteiger partial charge is 0.242 e. The molecule has 1 aliphatic rings. The molecule has 1 fully saturated rings. The van der Waals surface area contributed by atoms with Gasteiger partial charge in [0.25, 0.3) is 0 Å². The lowest BCUT2D eigenvalue weighted by Crippen LogP contribution is -2.52. The molecule has 146 valence electrons. The van der Waals surface area contributed by atoms with E-state index in [0.717, 1.165) is 26.2 Å². The number of hydrogen-bond donors (Lipinski definition) is 2. The van der Waals surface area contributed by atoms with E-state index in [0.29, 0.717) is 12.5 Å². The first kappa shape index (κ1) is 21.5. The Morgan fingerprint density at radius 1 is 1.11 bits per heavy atom. The molecule has 1 aromatic heterocycles. The van der Waals surface area contributed by atoms with E-state index in [1.54, 1.807) is 18.4 Å². The van der Waals surface area contributed by atoms with Crippen molar-refractivity contribution in [1.82, 2.24) is 15.5 Å². The molecule has 8 heteroatoms. The number of para-hydroxylation sites is 1. The van der Waals surface area contributed by atoms with E-state index < -0.39 is 0 Å². The van der Waals surface area contributed by atoms with Crippen LogP contribution in [0, 0.1) is 0 Å². The third-order valence-corrected chi connectivity index (χ3v) is 5.16. The van der Waals surface area contributed by atoms with E-state index >= 15 is 0 Å². The summed E-state index contributed by atoms with van der Waals surface area (Å²) in [7, 11) is 1.71. The number of guanidine groups is 1. The average Bonchev–Trinajstić information content (AvgIpc) is 3.22. The van der Waals surface area contributed by atoms with Crippen molar-refractivity contribution in [3.8, 4) is 0 Å². The zero-order chi connectivity index (χ0) is 18.2. The first-order chi connectivity index (χ1) is 12.8. The Kier molecular flexibility index (Phi) is 8.86. The Morgan fingerprint density at radius 3 is 2.48 bits per heavy atom. The molecule has 1 aliphatic heterocycles. The fourth-order valence-electron chi connectivity index (χ4n) is 2.92. The second kappa shape index (κ2) is 11.1. The van der Waals surface area contributed by atoms with E-state index in [4.69, 9.17) is 0 Å². The van der Waals surface area contributed by atoms with E-state index in [1.807, 2.05) is 28.5 Å². The Balaban J connectivity index is 0.00000261. The first-order valence-corrected chi connectivity index (χ1v) is 9.74. The predicted molar refractivity (Wildman–Crippen MR) is 123 cm³/mol. The van der Waals surface area contributed by atoms with Gasteiger partial charge in [0.05, 0.1) is 6.54 Å². The predicted octanol–water partition coefficient (Wildman–Crippen LogP) is 2.38. The highest BCUT2D eigenvalue weighted by molar-refractivity contribution is 14.0. The van der Waals surface area contributed by atoms with Crippen molar-refractivity contribution in [3.63, 3.8) is 0 Å². The molecular weight excluding hydrogens is 473 g/mol. The van der Waals surface area contributed by atoms with Gasteiger partial charge in [0.2, 0.25) is 5.91 Å². The Hall–Kier alpha value is -1.81. The summed E-state index contributed by atoms with van der Waals surface area (Å²) < 4.78 is 0. The third kappa shape index (κ3) is 6.39. The SMILES string of the molecule is CN=C(NCC(=O)N1CCN(c2ccccc2)CC1)NCc1ccsc1.I. The Bertz CT molecular complexity index is 715. The molecule has 0 radical (unpaired) electrons. The van der Waals surface area contributed by atoms with Gasteiger partial charge in [0, 0.05) is 45.5 Å². The quantitative estimate of drug-likeness (QED) is 0.377. The second-order valence-electron chi connectivity index (χ2n) is 6.11. The zero-order valence-corrected chi connectivity index (χ0v) is 18.6. The molecule has 27 heavy (non-hydrogen) atoms. The number of aliphatic imine (C=N–C) groups is 1. The van der Waals surface area contributed by atoms with Crippen molar-refractivity contribution < 1.29 is 4.79 Å². The maximum absolute atomic E-state index is 12.5. The highest BCUT2D eigenvalue weighted by atomic mass is 127. The molecule has 0 saturated carbocycles. The Morgan fingerprint density at radius 2 is 1.85 bits per heavy atom. The van der Waals surface area contributed by atoms with Gasteiger partial charge in [-0.25, -0.2) is 0 Å². The minimum absolute atomic E-state index is 0. The molecule has 0 atom stereocenters. The van der Waals surface area contributed by atoms with Crippen molar-refractivity contribution in [3.05, 3.63) is 52.7 Å². The van der Waals surface area contributed by atoms with Crippen molar-refractivity contribution in [1.29, 1.82) is 0 Å². The van der Waals surface area contributed by atoms with Gasteiger partial charge in [-0.3, -0.25) is 9.79 Å². The lowest BCUT2D eigenvalue weighted by atomic mass is 10.2. The molecule has 2 aromatic rings. The molecule has 6 nitrogen and oxygen atoms in total. The van der Waals surface area contributed by atoms with Crippen molar-refractivity contribution >= 4 is 52.9 Å². The number of hydrogen-bond acceptors (Lipinski definition) is 4. The minimum atomic E-state index is 0. The molecule has 0 spiro atoms. The van der Waals surface area contributed by atoms with Crippen LogP contribution in [0.1, 0.15) is 5.56 Å². The van der Waals surface area contributed by atoms with Gasteiger partial charge in [-0.15, -0.1) is 24.0 Å². The van der Waals surface area contributed by atoms with Gasteiger partial charge < -0.3 is 20.4 Å². The summed E-state index contributed by atoms with van der Waals surface area (Å²) in [5.41, 5.74) is 2.43. The summed E-state index contributed by atoms with van der Waals surface area (Å²) in [6.07, 6.45) is 0. The summed E-state index contributed by atoms with van der Waals surface area (Å²) in [6.45, 7) is 4.18. The summed E-state index contributed by atoms with van der Waals surface area (Å²) >= 11 is 1.67. The summed E-state index contributed by atoms with van der Waals surface area (Å²) in [4.78, 5) is 20.9. The van der Waals surface area contributed by atoms with E-state index in [-0.39, 0.29) is 36.4 Å². The molecule has 2 N–H and O–H groups in total. The number of nitrogens with one attached hydrogen (secondary N) is 2. The first-order valence-electron chi connectivity index (χ1n) is 8.79. The van der Waals surface area contributed by atoms with Crippen LogP contribution in [-0.2, 0) is 11.3 Å². The molecular formula is C19H26IN5OS. The zero-order valence-electron chi connectivity index (χ0n) is 15.4. The fraction of sp³-hybridized carbons (Fsp3) is 0.368. The van der Waals surface area contributed by atoms with Crippen LogP contribution in [0.5, 0.6) is 0 Å². The lowest BCUT2D eigenvalue weighted by molar-refractivity contribution is -0.130. The number of anilines is 1. The number of piperazine rings is 1. The number of nitrogens with zero attached hydrogens (tertiary/aromatic N) is 3. The molecule has 0 unspecified atom stereocenters. The number of rotatable bonds is 5. The van der Waals surface area contributed by atoms with Crippen LogP contribution in [0.2, 0.25) is 0 Å². The van der Waals surface area contributed by atoms with Gasteiger partial charge in [0.15, 0.2) is 5.96 Å². The van der Waals surface area contributed by atoms with Gasteiger partial charge in [0.1, 0.15) is 0 Å². The maximum atomic E-state index is 12.5. The molecule has 1 amide bonds. The van der Waals surface area contributed by atoms with Crippen LogP contribution in [-0.4, -0.2) is 56.5 Å². The molecule has 0 aliphatic carbocycles. The van der Waals surface area contributed by atoms with E-state index in [9.17, 15) is 4.79 Å².